The van der Waals surface area contributed by atoms with Crippen LogP contribution < -0.4 is 4.90 Å². The molecule has 0 amide bonds. The Labute approximate surface area is 382 Å². The van der Waals surface area contributed by atoms with Gasteiger partial charge < -0.3 is 9.32 Å². The van der Waals surface area contributed by atoms with Crippen molar-refractivity contribution in [2.45, 2.75) is 0 Å². The van der Waals surface area contributed by atoms with Crippen LogP contribution in [-0.2, 0) is 0 Å². The molecule has 0 saturated carbocycles. The third-order valence-electron chi connectivity index (χ3n) is 13.4. The van der Waals surface area contributed by atoms with Crippen LogP contribution in [0.3, 0.4) is 0 Å². The molecule has 13 rings (SSSR count). The van der Waals surface area contributed by atoms with Gasteiger partial charge >= 0.3 is 0 Å². The number of fused-ring (bicyclic) bond motifs is 9. The molecular formula is C64H41NO. The molecule has 0 fully saturated rings. The van der Waals surface area contributed by atoms with E-state index in [0.29, 0.717) is 0 Å². The normalized spacial score (nSPS) is 11.6. The van der Waals surface area contributed by atoms with Gasteiger partial charge in [0, 0.05) is 33.2 Å². The number of hydrogen-bond donors (Lipinski definition) is 0. The van der Waals surface area contributed by atoms with Crippen molar-refractivity contribution >= 4 is 82.1 Å². The van der Waals surface area contributed by atoms with Crippen molar-refractivity contribution in [3.63, 3.8) is 0 Å². The summed E-state index contributed by atoms with van der Waals surface area (Å²) in [5.41, 5.74) is 14.1. The summed E-state index contributed by atoms with van der Waals surface area (Å²) in [5, 5.41) is 12.2. The molecule has 0 atom stereocenters. The van der Waals surface area contributed by atoms with Gasteiger partial charge in [-0.05, 0) is 113 Å². The van der Waals surface area contributed by atoms with Gasteiger partial charge in [0.15, 0.2) is 0 Å². The van der Waals surface area contributed by atoms with Gasteiger partial charge in [0.2, 0.25) is 0 Å². The van der Waals surface area contributed by atoms with E-state index < -0.39 is 0 Å². The van der Waals surface area contributed by atoms with Gasteiger partial charge in [0.1, 0.15) is 11.2 Å². The Balaban J connectivity index is 1.08. The lowest BCUT2D eigenvalue weighted by Gasteiger charge is -2.31. The summed E-state index contributed by atoms with van der Waals surface area (Å²) in [4.78, 5) is 2.47. The minimum Gasteiger partial charge on any atom is -0.455 e. The fourth-order valence-electron chi connectivity index (χ4n) is 10.4. The maximum atomic E-state index is 6.74. The largest absolute Gasteiger partial charge is 0.455 e. The Hall–Kier alpha value is -8.72. The van der Waals surface area contributed by atoms with Crippen molar-refractivity contribution in [3.8, 4) is 44.5 Å². The van der Waals surface area contributed by atoms with Crippen LogP contribution in [-0.4, -0.2) is 0 Å². The zero-order chi connectivity index (χ0) is 43.6. The first kappa shape index (κ1) is 37.8. The standard InChI is InChI=1S/C64H41NO/c1-2-17-42(18-3-1)50-38-35-46(60-40-45-20-5-7-22-49(45)52-24-9-11-26-54(52)60)41-62(50)65(61-31-14-12-27-55(61)57-29-16-30-58-56-28-13-15-32-63(56)66-64(57)58)47-36-33-43(34-37-47)59-39-44-19-4-6-21-48(44)51-23-8-10-25-53(51)59/h1-41H. The van der Waals surface area contributed by atoms with E-state index >= 15 is 0 Å². The third-order valence-corrected chi connectivity index (χ3v) is 13.4. The molecule has 0 N–H and O–H groups in total. The van der Waals surface area contributed by atoms with Crippen LogP contribution in [0.2, 0.25) is 0 Å². The van der Waals surface area contributed by atoms with Crippen LogP contribution in [0.4, 0.5) is 17.1 Å². The molecule has 1 heterocycles. The van der Waals surface area contributed by atoms with E-state index in [1.807, 2.05) is 6.07 Å². The van der Waals surface area contributed by atoms with E-state index in [2.05, 4.69) is 248 Å². The summed E-state index contributed by atoms with van der Waals surface area (Å²) in [5.74, 6) is 0. The van der Waals surface area contributed by atoms with Crippen molar-refractivity contribution in [3.05, 3.63) is 249 Å². The topological polar surface area (TPSA) is 16.4 Å². The predicted molar refractivity (Wildman–Crippen MR) is 280 cm³/mol. The molecule has 0 unspecified atom stereocenters. The van der Waals surface area contributed by atoms with Gasteiger partial charge in [-0.2, -0.15) is 0 Å². The molecular weight excluding hydrogens is 799 g/mol. The molecule has 1 aromatic heterocycles. The molecule has 0 saturated heterocycles. The molecule has 2 heteroatoms. The smallest absolute Gasteiger partial charge is 0.143 e. The predicted octanol–water partition coefficient (Wildman–Crippen LogP) is 18.3. The van der Waals surface area contributed by atoms with Gasteiger partial charge in [-0.3, -0.25) is 0 Å². The van der Waals surface area contributed by atoms with Crippen LogP contribution in [0.5, 0.6) is 0 Å². The SMILES string of the molecule is c1ccc(-c2ccc(-c3cc4ccccc4c4ccccc34)cc2N(c2ccc(-c3cc4ccccc4c4ccccc34)cc2)c2ccccc2-c2cccc3c2oc2ccccc23)cc1. The van der Waals surface area contributed by atoms with Crippen molar-refractivity contribution in [1.29, 1.82) is 0 Å². The first-order valence-corrected chi connectivity index (χ1v) is 22.7. The highest BCUT2D eigenvalue weighted by Crippen LogP contribution is 2.49. The van der Waals surface area contributed by atoms with Crippen LogP contribution in [0.1, 0.15) is 0 Å². The molecule has 0 aliphatic heterocycles. The fourth-order valence-corrected chi connectivity index (χ4v) is 10.4. The second-order valence-electron chi connectivity index (χ2n) is 17.2. The molecule has 0 radical (unpaired) electrons. The van der Waals surface area contributed by atoms with Crippen molar-refractivity contribution in [1.82, 2.24) is 0 Å². The number of furan rings is 1. The highest BCUT2D eigenvalue weighted by molar-refractivity contribution is 6.16. The summed E-state index contributed by atoms with van der Waals surface area (Å²) < 4.78 is 6.74. The second-order valence-corrected chi connectivity index (χ2v) is 17.2. The van der Waals surface area contributed by atoms with E-state index in [4.69, 9.17) is 4.42 Å². The minimum absolute atomic E-state index is 0.879. The average molecular weight is 840 g/mol. The maximum Gasteiger partial charge on any atom is 0.143 e. The Kier molecular flexibility index (Phi) is 8.89. The van der Waals surface area contributed by atoms with Crippen molar-refractivity contribution in [2.24, 2.45) is 0 Å². The number of anilines is 3. The summed E-state index contributed by atoms with van der Waals surface area (Å²) in [7, 11) is 0. The number of nitrogens with zero attached hydrogens (tertiary/aromatic N) is 1. The zero-order valence-corrected chi connectivity index (χ0v) is 36.0. The van der Waals surface area contributed by atoms with E-state index in [1.54, 1.807) is 0 Å². The van der Waals surface area contributed by atoms with Crippen LogP contribution in [0.25, 0.3) is 110 Å². The number of benzene rings is 12. The lowest BCUT2D eigenvalue weighted by molar-refractivity contribution is 0.670. The Bertz CT molecular complexity index is 3990. The molecule has 0 bridgehead atoms. The first-order chi connectivity index (χ1) is 32.7. The summed E-state index contributed by atoms with van der Waals surface area (Å²) in [6.45, 7) is 0. The Morgan fingerprint density at radius 3 is 1.45 bits per heavy atom. The third kappa shape index (κ3) is 6.18. The van der Waals surface area contributed by atoms with Gasteiger partial charge in [0.05, 0.1) is 11.4 Å². The lowest BCUT2D eigenvalue weighted by Crippen LogP contribution is -2.13. The molecule has 12 aromatic carbocycles. The van der Waals surface area contributed by atoms with Gasteiger partial charge in [-0.15, -0.1) is 0 Å². The number of para-hydroxylation sites is 3. The number of hydrogen-bond acceptors (Lipinski definition) is 2. The van der Waals surface area contributed by atoms with Gasteiger partial charge in [0.25, 0.3) is 0 Å². The summed E-state index contributed by atoms with van der Waals surface area (Å²) in [6, 6.07) is 90.4. The summed E-state index contributed by atoms with van der Waals surface area (Å²) >= 11 is 0. The second kappa shape index (κ2) is 15.5. The number of rotatable bonds is 7. The van der Waals surface area contributed by atoms with E-state index in [-0.39, 0.29) is 0 Å². The van der Waals surface area contributed by atoms with Gasteiger partial charge in [-0.1, -0.05) is 206 Å². The minimum atomic E-state index is 0.879. The molecule has 2 nitrogen and oxygen atoms in total. The molecule has 66 heavy (non-hydrogen) atoms. The van der Waals surface area contributed by atoms with Crippen LogP contribution in [0, 0.1) is 0 Å². The zero-order valence-electron chi connectivity index (χ0n) is 36.0. The lowest BCUT2D eigenvalue weighted by atomic mass is 9.91. The van der Waals surface area contributed by atoms with E-state index in [0.717, 1.165) is 66.8 Å². The quantitative estimate of drug-likeness (QED) is 0.149. The highest BCUT2D eigenvalue weighted by atomic mass is 16.3. The van der Waals surface area contributed by atoms with Gasteiger partial charge in [-0.25, -0.2) is 0 Å². The van der Waals surface area contributed by atoms with Crippen LogP contribution >= 0.6 is 0 Å². The van der Waals surface area contributed by atoms with Crippen molar-refractivity contribution in [2.75, 3.05) is 4.90 Å². The first-order valence-electron chi connectivity index (χ1n) is 22.7. The maximum absolute atomic E-state index is 6.74. The monoisotopic (exact) mass is 839 g/mol. The van der Waals surface area contributed by atoms with E-state index in [9.17, 15) is 0 Å². The molecule has 13 aromatic rings. The molecule has 0 aliphatic rings. The summed E-state index contributed by atoms with van der Waals surface area (Å²) in [6.07, 6.45) is 0. The Morgan fingerprint density at radius 1 is 0.258 bits per heavy atom. The molecule has 0 aliphatic carbocycles. The fraction of sp³-hybridized carbons (Fsp3) is 0. The molecule has 0 spiro atoms. The average Bonchev–Trinajstić information content (AvgIpc) is 3.78. The highest BCUT2D eigenvalue weighted by Gasteiger charge is 2.24. The van der Waals surface area contributed by atoms with Crippen LogP contribution in [0.15, 0.2) is 253 Å². The molecule has 308 valence electrons. The van der Waals surface area contributed by atoms with Crippen molar-refractivity contribution < 1.29 is 4.42 Å². The van der Waals surface area contributed by atoms with E-state index in [1.165, 1.54) is 59.8 Å². The Morgan fingerprint density at radius 2 is 0.758 bits per heavy atom.